The van der Waals surface area contributed by atoms with E-state index in [0.717, 1.165) is 0 Å². The van der Waals surface area contributed by atoms with E-state index in [9.17, 15) is 14.4 Å². The zero-order valence-corrected chi connectivity index (χ0v) is 20.2. The van der Waals surface area contributed by atoms with E-state index in [2.05, 4.69) is 82.6 Å². The number of hydrogen-bond acceptors (Lipinski definition) is 5. The number of rotatable bonds is 8. The van der Waals surface area contributed by atoms with Crippen LogP contribution in [0.4, 0.5) is 4.79 Å². The molecule has 0 aliphatic carbocycles. The fourth-order valence-electron chi connectivity index (χ4n) is 0.923. The van der Waals surface area contributed by atoms with Crippen molar-refractivity contribution >= 4 is 77.7 Å². The summed E-state index contributed by atoms with van der Waals surface area (Å²) in [4.78, 5) is 33.0. The van der Waals surface area contributed by atoms with Crippen molar-refractivity contribution in [3.8, 4) is 0 Å². The van der Waals surface area contributed by atoms with Crippen molar-refractivity contribution in [2.24, 2.45) is 0 Å². The van der Waals surface area contributed by atoms with Crippen molar-refractivity contribution in [3.05, 3.63) is 24.3 Å². The third-order valence-electron chi connectivity index (χ3n) is 2.05. The number of Topliss-reactive ketones (excluding diaryl/α,β-unsaturated/α-hetero) is 2. The molecule has 0 aromatic heterocycles. The van der Waals surface area contributed by atoms with Crippen LogP contribution in [-0.4, -0.2) is 30.9 Å². The van der Waals surface area contributed by atoms with E-state index in [1.54, 1.807) is 13.8 Å². The third-order valence-corrected chi connectivity index (χ3v) is 2.05. The molecule has 0 radical (unpaired) electrons. The van der Waals surface area contributed by atoms with Crippen LogP contribution in [0.2, 0.25) is 0 Å². The number of halogens is 3. The van der Waals surface area contributed by atoms with Gasteiger partial charge in [-0.15, -0.1) is 0 Å². The normalized spacial score (nSPS) is 9.36. The molecule has 9 heteroatoms. The Bertz CT molecular complexity index is 387. The predicted molar refractivity (Wildman–Crippen MR) is 108 cm³/mol. The van der Waals surface area contributed by atoms with Gasteiger partial charge in [0.1, 0.15) is 13.2 Å². The van der Waals surface area contributed by atoms with Crippen LogP contribution in [0.1, 0.15) is 26.7 Å². The van der Waals surface area contributed by atoms with Crippen molar-refractivity contribution < 1.29 is 28.8 Å². The van der Waals surface area contributed by atoms with Crippen molar-refractivity contribution in [3.63, 3.8) is 0 Å². The van der Waals surface area contributed by atoms with Crippen LogP contribution in [0, 0.1) is 0 Å². The van der Waals surface area contributed by atoms with Crippen LogP contribution >= 0.6 is 59.9 Å². The molecule has 5 nitrogen and oxygen atoms in total. The quantitative estimate of drug-likeness (QED) is 0.208. The van der Waals surface area contributed by atoms with E-state index >= 15 is 0 Å². The Hall–Kier alpha value is 0.864. The molecule has 0 aliphatic rings. The molecule has 0 unspecified atom stereocenters. The minimum absolute atomic E-state index is 0.0566. The Morgan fingerprint density at radius 2 is 1.14 bits per heavy atom. The summed E-state index contributed by atoms with van der Waals surface area (Å²) >= 11 is 7.39. The SMILES string of the molecule is C=C(C)C(=O)CCOC(=O)OCCC(=O)C(=C)C.[I][V]([I])[I]. The Morgan fingerprint density at radius 3 is 1.36 bits per heavy atom. The zero-order valence-electron chi connectivity index (χ0n) is 12.4. The van der Waals surface area contributed by atoms with Gasteiger partial charge in [-0.1, -0.05) is 13.2 Å². The average Bonchev–Trinajstić information content (AvgIpc) is 2.37. The van der Waals surface area contributed by atoms with Gasteiger partial charge in [-0.25, -0.2) is 4.79 Å². The van der Waals surface area contributed by atoms with Crippen molar-refractivity contribution in [1.29, 1.82) is 0 Å². The fourth-order valence-corrected chi connectivity index (χ4v) is 0.923. The van der Waals surface area contributed by atoms with Gasteiger partial charge in [0.15, 0.2) is 11.6 Å². The molecule has 0 amide bonds. The van der Waals surface area contributed by atoms with Gasteiger partial charge < -0.3 is 9.47 Å². The predicted octanol–water partition coefficient (Wildman–Crippen LogP) is 4.86. The standard InChI is InChI=1S/C13H18O5.3HI.V/c1-9(2)11(14)5-7-17-13(16)18-8-6-12(15)10(3)4;;;;/h1,3,5-8H2,2,4H3;3*1H;/q;;;;+3/p-3. The van der Waals surface area contributed by atoms with E-state index in [1.165, 1.54) is 0 Å². The molecule has 0 heterocycles. The molecule has 0 aromatic rings. The molecule has 0 saturated heterocycles. The monoisotopic (exact) mass is 686 g/mol. The maximum absolute atomic E-state index is 11.1. The van der Waals surface area contributed by atoms with Gasteiger partial charge in [0.25, 0.3) is 0 Å². The summed E-state index contributed by atoms with van der Waals surface area (Å²) in [6.07, 6.45) is -0.733. The number of allylic oxidation sites excluding steroid dienone is 2. The molecule has 126 valence electrons. The summed E-state index contributed by atoms with van der Waals surface area (Å²) in [7, 11) is 0. The molecular formula is C13H18I3O5V. The number of ether oxygens (including phenoxy) is 2. The Kier molecular flexibility index (Phi) is 17.6. The Labute approximate surface area is 168 Å². The summed E-state index contributed by atoms with van der Waals surface area (Å²) in [5.41, 5.74) is 0.832. The van der Waals surface area contributed by atoms with Gasteiger partial charge in [-0.2, -0.15) is 0 Å². The van der Waals surface area contributed by atoms with Crippen molar-refractivity contribution in [2.45, 2.75) is 26.7 Å². The molecule has 0 aromatic carbocycles. The van der Waals surface area contributed by atoms with Crippen LogP contribution in [0.3, 0.4) is 0 Å². The summed E-state index contributed by atoms with van der Waals surface area (Å²) in [6, 6.07) is 0. The van der Waals surface area contributed by atoms with Gasteiger partial charge >= 0.3 is 71.0 Å². The second-order valence-corrected chi connectivity index (χ2v) is 39.4. The van der Waals surface area contributed by atoms with Gasteiger partial charge in [0, 0.05) is 12.8 Å². The van der Waals surface area contributed by atoms with E-state index < -0.39 is 6.16 Å². The van der Waals surface area contributed by atoms with E-state index in [4.69, 9.17) is 0 Å². The zero-order chi connectivity index (χ0) is 17.7. The first-order chi connectivity index (χ1) is 10.1. The molecule has 0 bridgehead atoms. The average molecular weight is 686 g/mol. The van der Waals surface area contributed by atoms with Crippen LogP contribution in [0.25, 0.3) is 0 Å². The molecular weight excluding hydrogens is 668 g/mol. The molecule has 0 fully saturated rings. The second-order valence-electron chi connectivity index (χ2n) is 4.05. The number of hydrogen-bond donors (Lipinski definition) is 0. The molecule has 0 saturated carbocycles. The first-order valence-corrected chi connectivity index (χ1v) is 19.5. The summed E-state index contributed by atoms with van der Waals surface area (Å²) < 4.78 is 9.30. The van der Waals surface area contributed by atoms with Gasteiger partial charge in [0.2, 0.25) is 0 Å². The minimum atomic E-state index is -0.890. The van der Waals surface area contributed by atoms with Crippen molar-refractivity contribution in [2.75, 3.05) is 13.2 Å². The van der Waals surface area contributed by atoms with E-state index in [0.29, 0.717) is 11.1 Å². The molecule has 0 N–H and O–H groups in total. The topological polar surface area (TPSA) is 69.7 Å². The van der Waals surface area contributed by atoms with Crippen LogP contribution in [0.5, 0.6) is 0 Å². The van der Waals surface area contributed by atoms with Crippen LogP contribution in [0.15, 0.2) is 24.3 Å². The molecule has 0 atom stereocenters. The second kappa shape index (κ2) is 15.4. The molecule has 22 heavy (non-hydrogen) atoms. The fraction of sp³-hybridized carbons (Fsp3) is 0.462. The number of ketones is 2. The maximum atomic E-state index is 11.1. The number of carbonyl (C=O) groups is 3. The summed E-state index contributed by atoms with van der Waals surface area (Å²) in [6.45, 7) is 10.0. The Morgan fingerprint density at radius 1 is 0.864 bits per heavy atom. The third kappa shape index (κ3) is 18.9. The van der Waals surface area contributed by atoms with Crippen molar-refractivity contribution in [1.82, 2.24) is 0 Å². The molecule has 0 aliphatic heterocycles. The van der Waals surface area contributed by atoms with Crippen LogP contribution in [-0.2, 0) is 24.0 Å². The Balaban J connectivity index is 0. The van der Waals surface area contributed by atoms with Gasteiger partial charge in [0.05, 0.1) is 0 Å². The van der Waals surface area contributed by atoms with E-state index in [-0.39, 0.29) is 42.5 Å². The summed E-state index contributed by atoms with van der Waals surface area (Å²) in [5, 5.41) is 0. The van der Waals surface area contributed by atoms with Crippen LogP contribution < -0.4 is 0 Å². The van der Waals surface area contributed by atoms with Gasteiger partial charge in [-0.3, -0.25) is 9.59 Å². The first kappa shape index (κ1) is 25.1. The molecule has 0 rings (SSSR count). The first-order valence-electron chi connectivity index (χ1n) is 6.02. The number of carbonyl (C=O) groups excluding carboxylic acids is 3. The van der Waals surface area contributed by atoms with Gasteiger partial charge in [-0.05, 0) is 25.0 Å². The summed E-state index contributed by atoms with van der Waals surface area (Å²) in [5.74, 6) is -0.333. The van der Waals surface area contributed by atoms with E-state index in [1.807, 2.05) is 0 Å². The molecule has 0 spiro atoms.